The van der Waals surface area contributed by atoms with E-state index in [1.807, 2.05) is 6.92 Å². The molecule has 0 bridgehead atoms. The number of unbranched alkanes of at least 4 members (excludes halogenated alkanes) is 3. The van der Waals surface area contributed by atoms with Gasteiger partial charge >= 0.3 is 5.97 Å². The predicted molar refractivity (Wildman–Crippen MR) is 80.7 cm³/mol. The van der Waals surface area contributed by atoms with Crippen LogP contribution >= 0.6 is 0 Å². The van der Waals surface area contributed by atoms with Gasteiger partial charge < -0.3 is 9.47 Å². The van der Waals surface area contributed by atoms with Gasteiger partial charge in [0.1, 0.15) is 0 Å². The quantitative estimate of drug-likeness (QED) is 0.471. The molecule has 1 rings (SSSR count). The van der Waals surface area contributed by atoms with Crippen LogP contribution in [0.25, 0.3) is 0 Å². The SMILES string of the molecule is CCOC(=O)C(C)CCCCCCOc1cccc(F)c1F. The topological polar surface area (TPSA) is 35.5 Å². The lowest BCUT2D eigenvalue weighted by Gasteiger charge is -2.10. The normalized spacial score (nSPS) is 12.0. The molecule has 3 nitrogen and oxygen atoms in total. The molecule has 22 heavy (non-hydrogen) atoms. The fraction of sp³-hybridized carbons (Fsp3) is 0.588. The first-order chi connectivity index (χ1) is 10.6. The van der Waals surface area contributed by atoms with Crippen LogP contribution in [0.5, 0.6) is 5.75 Å². The molecule has 1 aromatic rings. The summed E-state index contributed by atoms with van der Waals surface area (Å²) in [6, 6.07) is 3.90. The van der Waals surface area contributed by atoms with Crippen LogP contribution in [0.4, 0.5) is 8.78 Å². The van der Waals surface area contributed by atoms with Crippen molar-refractivity contribution in [1.29, 1.82) is 0 Å². The maximum Gasteiger partial charge on any atom is 0.308 e. The first-order valence-corrected chi connectivity index (χ1v) is 7.79. The van der Waals surface area contributed by atoms with Crippen LogP contribution in [-0.4, -0.2) is 19.2 Å². The molecule has 0 radical (unpaired) electrons. The molecule has 5 heteroatoms. The highest BCUT2D eigenvalue weighted by Crippen LogP contribution is 2.19. The molecule has 0 amide bonds. The summed E-state index contributed by atoms with van der Waals surface area (Å²) in [7, 11) is 0. The first-order valence-electron chi connectivity index (χ1n) is 7.79. The highest BCUT2D eigenvalue weighted by Gasteiger charge is 2.13. The lowest BCUT2D eigenvalue weighted by atomic mass is 10.0. The average molecular weight is 314 g/mol. The second-order valence-electron chi connectivity index (χ2n) is 5.26. The van der Waals surface area contributed by atoms with Crippen LogP contribution in [0, 0.1) is 17.6 Å². The Balaban J connectivity index is 2.09. The van der Waals surface area contributed by atoms with E-state index in [0.717, 1.165) is 38.2 Å². The Morgan fingerprint density at radius 3 is 2.64 bits per heavy atom. The van der Waals surface area contributed by atoms with E-state index >= 15 is 0 Å². The highest BCUT2D eigenvalue weighted by molar-refractivity contribution is 5.71. The minimum atomic E-state index is -0.939. The second-order valence-corrected chi connectivity index (χ2v) is 5.26. The molecule has 1 unspecified atom stereocenters. The fourth-order valence-corrected chi connectivity index (χ4v) is 2.09. The zero-order valence-corrected chi connectivity index (χ0v) is 13.2. The lowest BCUT2D eigenvalue weighted by Crippen LogP contribution is -2.14. The molecule has 0 aliphatic rings. The molecular formula is C17H24F2O3. The Morgan fingerprint density at radius 1 is 1.18 bits per heavy atom. The molecule has 0 heterocycles. The van der Waals surface area contributed by atoms with E-state index in [9.17, 15) is 13.6 Å². The summed E-state index contributed by atoms with van der Waals surface area (Å²) in [5.74, 6) is -2.10. The van der Waals surface area contributed by atoms with Crippen molar-refractivity contribution in [2.45, 2.75) is 46.0 Å². The van der Waals surface area contributed by atoms with Crippen molar-refractivity contribution in [1.82, 2.24) is 0 Å². The summed E-state index contributed by atoms with van der Waals surface area (Å²) in [4.78, 5) is 11.4. The van der Waals surface area contributed by atoms with Crippen LogP contribution in [0.3, 0.4) is 0 Å². The molecule has 1 aromatic carbocycles. The summed E-state index contributed by atoms with van der Waals surface area (Å²) in [5, 5.41) is 0. The standard InChI is InChI=1S/C17H24F2O3/c1-3-21-17(20)13(2)9-6-4-5-7-12-22-15-11-8-10-14(18)16(15)19/h8,10-11,13H,3-7,9,12H2,1-2H3. The van der Waals surface area contributed by atoms with Gasteiger partial charge in [-0.15, -0.1) is 0 Å². The van der Waals surface area contributed by atoms with Gasteiger partial charge in [-0.1, -0.05) is 32.3 Å². The van der Waals surface area contributed by atoms with Gasteiger partial charge in [0, 0.05) is 0 Å². The number of rotatable bonds is 10. The summed E-state index contributed by atoms with van der Waals surface area (Å²) >= 11 is 0. The molecule has 0 N–H and O–H groups in total. The van der Waals surface area contributed by atoms with Crippen molar-refractivity contribution in [2.24, 2.45) is 5.92 Å². The third kappa shape index (κ3) is 6.41. The number of esters is 1. The zero-order chi connectivity index (χ0) is 16.4. The Labute approximate surface area is 130 Å². The minimum Gasteiger partial charge on any atom is -0.490 e. The van der Waals surface area contributed by atoms with Crippen LogP contribution in [0.1, 0.15) is 46.0 Å². The number of carbonyl (C=O) groups excluding carboxylic acids is 1. The van der Waals surface area contributed by atoms with Gasteiger partial charge in [-0.2, -0.15) is 4.39 Å². The summed E-state index contributed by atoms with van der Waals surface area (Å²) in [6.45, 7) is 4.44. The molecule has 124 valence electrons. The number of benzene rings is 1. The lowest BCUT2D eigenvalue weighted by molar-refractivity contribution is -0.147. The summed E-state index contributed by atoms with van der Waals surface area (Å²) < 4.78 is 36.4. The van der Waals surface area contributed by atoms with E-state index < -0.39 is 11.6 Å². The van der Waals surface area contributed by atoms with E-state index in [0.29, 0.717) is 13.2 Å². The third-order valence-corrected chi connectivity index (χ3v) is 3.39. The van der Waals surface area contributed by atoms with Gasteiger partial charge in [-0.25, -0.2) is 4.39 Å². The van der Waals surface area contributed by atoms with Crippen molar-refractivity contribution in [3.63, 3.8) is 0 Å². The maximum absolute atomic E-state index is 13.3. The Kier molecular flexibility index (Phi) is 8.48. The summed E-state index contributed by atoms with van der Waals surface area (Å²) in [6.07, 6.45) is 4.40. The minimum absolute atomic E-state index is 0.0454. The van der Waals surface area contributed by atoms with Gasteiger partial charge in [0.05, 0.1) is 19.1 Å². The molecule has 0 aliphatic heterocycles. The van der Waals surface area contributed by atoms with Gasteiger partial charge in [0.15, 0.2) is 11.6 Å². The number of hydrogen-bond acceptors (Lipinski definition) is 3. The molecule has 0 saturated heterocycles. The van der Waals surface area contributed by atoms with E-state index in [-0.39, 0.29) is 17.6 Å². The smallest absolute Gasteiger partial charge is 0.308 e. The maximum atomic E-state index is 13.3. The van der Waals surface area contributed by atoms with Crippen LogP contribution in [0.2, 0.25) is 0 Å². The van der Waals surface area contributed by atoms with Gasteiger partial charge in [-0.05, 0) is 31.9 Å². The molecule has 0 spiro atoms. The predicted octanol–water partition coefficient (Wildman–Crippen LogP) is 4.49. The third-order valence-electron chi connectivity index (χ3n) is 3.39. The van der Waals surface area contributed by atoms with E-state index in [4.69, 9.17) is 9.47 Å². The number of ether oxygens (including phenoxy) is 2. The highest BCUT2D eigenvalue weighted by atomic mass is 19.2. The average Bonchev–Trinajstić information content (AvgIpc) is 2.50. The Hall–Kier alpha value is -1.65. The Morgan fingerprint density at radius 2 is 1.91 bits per heavy atom. The molecule has 0 aliphatic carbocycles. The number of halogens is 2. The van der Waals surface area contributed by atoms with Crippen LogP contribution in [0.15, 0.2) is 18.2 Å². The van der Waals surface area contributed by atoms with Crippen LogP contribution < -0.4 is 4.74 Å². The summed E-state index contributed by atoms with van der Waals surface area (Å²) in [5.41, 5.74) is 0. The monoisotopic (exact) mass is 314 g/mol. The van der Waals surface area contributed by atoms with Crippen LogP contribution in [-0.2, 0) is 9.53 Å². The van der Waals surface area contributed by atoms with Crippen molar-refractivity contribution < 1.29 is 23.0 Å². The fourth-order valence-electron chi connectivity index (χ4n) is 2.09. The second kappa shape index (κ2) is 10.1. The van der Waals surface area contributed by atoms with Gasteiger partial charge in [-0.3, -0.25) is 4.79 Å². The largest absolute Gasteiger partial charge is 0.490 e. The first kappa shape index (κ1) is 18.4. The van der Waals surface area contributed by atoms with Crippen molar-refractivity contribution in [2.75, 3.05) is 13.2 Å². The zero-order valence-electron chi connectivity index (χ0n) is 13.2. The Bertz CT molecular complexity index is 463. The van der Waals surface area contributed by atoms with Gasteiger partial charge in [0.2, 0.25) is 5.82 Å². The van der Waals surface area contributed by atoms with Crippen molar-refractivity contribution >= 4 is 5.97 Å². The molecule has 0 fully saturated rings. The molecule has 0 aromatic heterocycles. The van der Waals surface area contributed by atoms with Crippen molar-refractivity contribution in [3.05, 3.63) is 29.8 Å². The van der Waals surface area contributed by atoms with E-state index in [2.05, 4.69) is 0 Å². The number of hydrogen-bond donors (Lipinski definition) is 0. The number of carbonyl (C=O) groups is 1. The van der Waals surface area contributed by atoms with Gasteiger partial charge in [0.25, 0.3) is 0 Å². The molecule has 1 atom stereocenters. The molecule has 0 saturated carbocycles. The van der Waals surface area contributed by atoms with E-state index in [1.165, 1.54) is 12.1 Å². The molecular weight excluding hydrogens is 290 g/mol. The van der Waals surface area contributed by atoms with E-state index in [1.54, 1.807) is 6.92 Å². The van der Waals surface area contributed by atoms with Crippen molar-refractivity contribution in [3.8, 4) is 5.75 Å².